The number of ether oxygens (including phenoxy) is 1. The molecule has 2 aromatic rings. The molecule has 0 aliphatic carbocycles. The smallest absolute Gasteiger partial charge is 0.305 e. The molecule has 0 heterocycles. The molecular formula is C21H25NO3. The average Bonchev–Trinajstić information content (AvgIpc) is 2.61. The molecule has 25 heavy (non-hydrogen) atoms. The zero-order valence-corrected chi connectivity index (χ0v) is 15.0. The molecule has 0 aliphatic heterocycles. The summed E-state index contributed by atoms with van der Waals surface area (Å²) in [5, 5.41) is 0. The zero-order valence-electron chi connectivity index (χ0n) is 15.0. The number of hydrogen-bond donors (Lipinski definition) is 1. The minimum Gasteiger partial charge on any atom is -0.469 e. The summed E-state index contributed by atoms with van der Waals surface area (Å²) in [6, 6.07) is 14.7. The van der Waals surface area contributed by atoms with Crippen molar-refractivity contribution in [3.05, 3.63) is 65.2 Å². The third-order valence-electron chi connectivity index (χ3n) is 4.52. The number of carbonyl (C=O) groups excluding carboxylic acids is 2. The average molecular weight is 339 g/mol. The van der Waals surface area contributed by atoms with Crippen molar-refractivity contribution in [2.45, 2.75) is 38.5 Å². The fourth-order valence-corrected chi connectivity index (χ4v) is 2.86. The lowest BCUT2D eigenvalue weighted by Crippen LogP contribution is -2.19. The monoisotopic (exact) mass is 339 g/mol. The topological polar surface area (TPSA) is 69.4 Å². The van der Waals surface area contributed by atoms with Crippen LogP contribution in [0.25, 0.3) is 0 Å². The third kappa shape index (κ3) is 4.69. The molecule has 2 N–H and O–H groups in total. The maximum absolute atomic E-state index is 12.6. The van der Waals surface area contributed by atoms with E-state index in [-0.39, 0.29) is 17.2 Å². The summed E-state index contributed by atoms with van der Waals surface area (Å²) in [6.45, 7) is 4.22. The molecule has 0 aromatic heterocycles. The maximum Gasteiger partial charge on any atom is 0.305 e. The molecule has 0 aliphatic rings. The van der Waals surface area contributed by atoms with E-state index in [1.807, 2.05) is 30.3 Å². The van der Waals surface area contributed by atoms with Crippen molar-refractivity contribution in [1.82, 2.24) is 0 Å². The highest BCUT2D eigenvalue weighted by atomic mass is 16.5. The van der Waals surface area contributed by atoms with Gasteiger partial charge in [0, 0.05) is 23.2 Å². The Morgan fingerprint density at radius 1 is 1.08 bits per heavy atom. The first-order valence-electron chi connectivity index (χ1n) is 8.42. The largest absolute Gasteiger partial charge is 0.469 e. The number of carbonyl (C=O) groups is 2. The predicted molar refractivity (Wildman–Crippen MR) is 99.6 cm³/mol. The Kier molecular flexibility index (Phi) is 5.97. The van der Waals surface area contributed by atoms with Crippen LogP contribution in [0.3, 0.4) is 0 Å². The van der Waals surface area contributed by atoms with Crippen LogP contribution >= 0.6 is 0 Å². The summed E-state index contributed by atoms with van der Waals surface area (Å²) in [5.74, 6) is -0.271. The van der Waals surface area contributed by atoms with Gasteiger partial charge in [-0.3, -0.25) is 9.59 Å². The minimum absolute atomic E-state index is 0.0758. The van der Waals surface area contributed by atoms with Crippen LogP contribution in [0.4, 0.5) is 5.69 Å². The highest BCUT2D eigenvalue weighted by molar-refractivity contribution is 6.12. The molecule has 132 valence electrons. The number of nitrogens with two attached hydrogens (primary N) is 1. The Hall–Kier alpha value is -2.62. The van der Waals surface area contributed by atoms with Gasteiger partial charge in [0.25, 0.3) is 0 Å². The Morgan fingerprint density at radius 3 is 2.36 bits per heavy atom. The molecule has 0 unspecified atom stereocenters. The zero-order chi connectivity index (χ0) is 18.4. The summed E-state index contributed by atoms with van der Waals surface area (Å²) in [7, 11) is 1.40. The van der Waals surface area contributed by atoms with Crippen molar-refractivity contribution in [1.29, 1.82) is 0 Å². The molecule has 0 saturated heterocycles. The fourth-order valence-electron chi connectivity index (χ4n) is 2.86. The van der Waals surface area contributed by atoms with Crippen LogP contribution in [0.15, 0.2) is 48.5 Å². The van der Waals surface area contributed by atoms with E-state index >= 15 is 0 Å². The number of anilines is 1. The molecule has 2 aromatic carbocycles. The van der Waals surface area contributed by atoms with Crippen molar-refractivity contribution in [2.24, 2.45) is 0 Å². The first kappa shape index (κ1) is 18.7. The van der Waals surface area contributed by atoms with Crippen molar-refractivity contribution in [3.63, 3.8) is 0 Å². The van der Waals surface area contributed by atoms with Crippen molar-refractivity contribution in [3.8, 4) is 0 Å². The van der Waals surface area contributed by atoms with Gasteiger partial charge < -0.3 is 10.5 Å². The molecule has 0 saturated carbocycles. The second-order valence-electron chi connectivity index (χ2n) is 6.81. The van der Waals surface area contributed by atoms with Gasteiger partial charge in [-0.1, -0.05) is 50.2 Å². The van der Waals surface area contributed by atoms with Gasteiger partial charge in [-0.25, -0.2) is 0 Å². The van der Waals surface area contributed by atoms with E-state index in [1.54, 1.807) is 18.2 Å². The van der Waals surface area contributed by atoms with Gasteiger partial charge in [-0.2, -0.15) is 0 Å². The van der Waals surface area contributed by atoms with Crippen molar-refractivity contribution < 1.29 is 14.3 Å². The molecule has 0 atom stereocenters. The van der Waals surface area contributed by atoms with Crippen LogP contribution in [0.5, 0.6) is 0 Å². The molecule has 0 amide bonds. The Labute approximate surface area is 149 Å². The van der Waals surface area contributed by atoms with Gasteiger partial charge in [-0.15, -0.1) is 0 Å². The molecule has 4 heteroatoms. The van der Waals surface area contributed by atoms with Gasteiger partial charge >= 0.3 is 5.97 Å². The van der Waals surface area contributed by atoms with E-state index in [1.165, 1.54) is 7.11 Å². The standard InChI is InChI=1S/C21H25NO3/c1-21(2,13-7-10-19(23)25-3)16-11-12-17(18(22)14-16)20(24)15-8-5-4-6-9-15/h4-6,8-9,11-12,14H,7,10,13,22H2,1-3H3. The second-order valence-corrected chi connectivity index (χ2v) is 6.81. The fraction of sp³-hybridized carbons (Fsp3) is 0.333. The second kappa shape index (κ2) is 7.97. The molecule has 0 spiro atoms. The summed E-state index contributed by atoms with van der Waals surface area (Å²) in [4.78, 5) is 23.8. The van der Waals surface area contributed by atoms with Crippen LogP contribution in [0, 0.1) is 0 Å². The van der Waals surface area contributed by atoms with Gasteiger partial charge in [0.2, 0.25) is 0 Å². The van der Waals surface area contributed by atoms with E-state index in [4.69, 9.17) is 5.73 Å². The summed E-state index contributed by atoms with van der Waals surface area (Å²) in [5.41, 5.74) is 8.69. The first-order valence-corrected chi connectivity index (χ1v) is 8.42. The van der Waals surface area contributed by atoms with E-state index in [0.717, 1.165) is 18.4 Å². The summed E-state index contributed by atoms with van der Waals surface area (Å²) >= 11 is 0. The number of rotatable bonds is 7. The van der Waals surface area contributed by atoms with Crippen LogP contribution < -0.4 is 5.73 Å². The lowest BCUT2D eigenvalue weighted by Gasteiger charge is -2.26. The normalized spacial score (nSPS) is 11.2. The van der Waals surface area contributed by atoms with Crippen molar-refractivity contribution >= 4 is 17.4 Å². The Balaban J connectivity index is 2.15. The van der Waals surface area contributed by atoms with Gasteiger partial charge in [0.15, 0.2) is 5.78 Å². The maximum atomic E-state index is 12.6. The summed E-state index contributed by atoms with van der Waals surface area (Å²) in [6.07, 6.45) is 1.97. The van der Waals surface area contributed by atoms with E-state index < -0.39 is 0 Å². The molecule has 0 radical (unpaired) electrons. The molecule has 0 fully saturated rings. The predicted octanol–water partition coefficient (Wildman–Crippen LogP) is 4.12. The number of ketones is 1. The molecular weight excluding hydrogens is 314 g/mol. The highest BCUT2D eigenvalue weighted by Crippen LogP contribution is 2.31. The van der Waals surface area contributed by atoms with Gasteiger partial charge in [-0.05, 0) is 36.0 Å². The highest BCUT2D eigenvalue weighted by Gasteiger charge is 2.22. The number of benzene rings is 2. The SMILES string of the molecule is COC(=O)CCCC(C)(C)c1ccc(C(=O)c2ccccc2)c(N)c1. The molecule has 0 bridgehead atoms. The van der Waals surface area contributed by atoms with E-state index in [0.29, 0.717) is 23.2 Å². The number of esters is 1. The summed E-state index contributed by atoms with van der Waals surface area (Å²) < 4.78 is 4.68. The third-order valence-corrected chi connectivity index (χ3v) is 4.52. The van der Waals surface area contributed by atoms with Gasteiger partial charge in [0.05, 0.1) is 7.11 Å². The number of hydrogen-bond acceptors (Lipinski definition) is 4. The Morgan fingerprint density at radius 2 is 1.76 bits per heavy atom. The lowest BCUT2D eigenvalue weighted by molar-refractivity contribution is -0.140. The first-order chi connectivity index (χ1) is 11.8. The van der Waals surface area contributed by atoms with Crippen LogP contribution in [-0.4, -0.2) is 18.9 Å². The van der Waals surface area contributed by atoms with Gasteiger partial charge in [0.1, 0.15) is 0 Å². The molecule has 2 rings (SSSR count). The van der Waals surface area contributed by atoms with Crippen LogP contribution in [0.1, 0.15) is 54.6 Å². The number of methoxy groups -OCH3 is 1. The van der Waals surface area contributed by atoms with Crippen LogP contribution in [0.2, 0.25) is 0 Å². The van der Waals surface area contributed by atoms with Crippen molar-refractivity contribution in [2.75, 3.05) is 12.8 Å². The lowest BCUT2D eigenvalue weighted by atomic mass is 9.79. The molecule has 4 nitrogen and oxygen atoms in total. The van der Waals surface area contributed by atoms with Crippen LogP contribution in [-0.2, 0) is 14.9 Å². The van der Waals surface area contributed by atoms with E-state index in [9.17, 15) is 9.59 Å². The Bertz CT molecular complexity index is 751. The van der Waals surface area contributed by atoms with E-state index in [2.05, 4.69) is 18.6 Å². The number of nitrogen functional groups attached to an aromatic ring is 1. The minimum atomic E-state index is -0.195. The quantitative estimate of drug-likeness (QED) is 0.468.